The molecule has 9 heteroatoms. The van der Waals surface area contributed by atoms with Crippen LogP contribution in [-0.4, -0.2) is 49.0 Å². The number of likely N-dealkylation sites (tertiary alicyclic amines) is 1. The summed E-state index contributed by atoms with van der Waals surface area (Å²) in [5.74, 6) is 0.674. The van der Waals surface area contributed by atoms with Crippen LogP contribution in [0.3, 0.4) is 0 Å². The standard InChI is InChI=1S/C16H16N6O2S/c23-13-7-11(12-4-2-6-25-12)19-14(20-13)10-3-1-5-22(8-10)16(24)15-17-9-18-21-15/h2,4,6-7,9-10H,1,3,5,8H2,(H,17,18,21)(H,19,20,23)/t10-/m1/s1. The Labute approximate surface area is 147 Å². The van der Waals surface area contributed by atoms with Crippen molar-refractivity contribution in [3.05, 3.63) is 51.9 Å². The van der Waals surface area contributed by atoms with Crippen molar-refractivity contribution in [2.45, 2.75) is 18.8 Å². The van der Waals surface area contributed by atoms with Gasteiger partial charge in [-0.2, -0.15) is 5.10 Å². The minimum Gasteiger partial charge on any atom is -0.335 e. The molecule has 0 spiro atoms. The summed E-state index contributed by atoms with van der Waals surface area (Å²) in [4.78, 5) is 38.6. The predicted octanol–water partition coefficient (Wildman–Crippen LogP) is 1.64. The van der Waals surface area contributed by atoms with E-state index in [-0.39, 0.29) is 23.2 Å². The van der Waals surface area contributed by atoms with Crippen molar-refractivity contribution in [3.8, 4) is 10.6 Å². The minimum absolute atomic E-state index is 0.00627. The fourth-order valence-electron chi connectivity index (χ4n) is 3.06. The van der Waals surface area contributed by atoms with Gasteiger partial charge in [-0.15, -0.1) is 11.3 Å². The Hall–Kier alpha value is -2.81. The third kappa shape index (κ3) is 3.22. The minimum atomic E-state index is -0.182. The van der Waals surface area contributed by atoms with Crippen molar-refractivity contribution in [3.63, 3.8) is 0 Å². The van der Waals surface area contributed by atoms with Crippen LogP contribution >= 0.6 is 11.3 Å². The molecule has 0 aliphatic carbocycles. The number of hydrogen-bond acceptors (Lipinski definition) is 6. The van der Waals surface area contributed by atoms with Gasteiger partial charge in [-0.3, -0.25) is 14.7 Å². The topological polar surface area (TPSA) is 108 Å². The number of carbonyl (C=O) groups is 1. The summed E-state index contributed by atoms with van der Waals surface area (Å²) in [6, 6.07) is 5.38. The second-order valence-corrected chi connectivity index (χ2v) is 6.87. The van der Waals surface area contributed by atoms with Gasteiger partial charge in [-0.1, -0.05) is 6.07 Å². The normalized spacial score (nSPS) is 17.6. The average molecular weight is 356 g/mol. The van der Waals surface area contributed by atoms with Crippen molar-refractivity contribution < 1.29 is 4.79 Å². The van der Waals surface area contributed by atoms with E-state index in [4.69, 9.17) is 0 Å². The maximum Gasteiger partial charge on any atom is 0.291 e. The molecule has 1 aliphatic rings. The Balaban J connectivity index is 1.59. The molecule has 1 saturated heterocycles. The Kier molecular flexibility index (Phi) is 4.14. The third-order valence-corrected chi connectivity index (χ3v) is 5.14. The van der Waals surface area contributed by atoms with E-state index < -0.39 is 0 Å². The van der Waals surface area contributed by atoms with Crippen molar-refractivity contribution in [2.24, 2.45) is 0 Å². The highest BCUT2D eigenvalue weighted by molar-refractivity contribution is 7.13. The third-order valence-electron chi connectivity index (χ3n) is 4.25. The van der Waals surface area contributed by atoms with Gasteiger partial charge in [0.15, 0.2) is 0 Å². The molecular weight excluding hydrogens is 340 g/mol. The summed E-state index contributed by atoms with van der Waals surface area (Å²) in [5, 5.41) is 8.28. The molecule has 0 saturated carbocycles. The van der Waals surface area contributed by atoms with Crippen molar-refractivity contribution in [1.82, 2.24) is 30.0 Å². The van der Waals surface area contributed by atoms with Gasteiger partial charge >= 0.3 is 0 Å². The van der Waals surface area contributed by atoms with Crippen LogP contribution in [0.25, 0.3) is 10.6 Å². The van der Waals surface area contributed by atoms with E-state index in [9.17, 15) is 9.59 Å². The zero-order valence-electron chi connectivity index (χ0n) is 13.3. The largest absolute Gasteiger partial charge is 0.335 e. The highest BCUT2D eigenvalue weighted by Crippen LogP contribution is 2.27. The van der Waals surface area contributed by atoms with Crippen LogP contribution in [0.15, 0.2) is 34.7 Å². The molecule has 1 amide bonds. The molecule has 2 N–H and O–H groups in total. The van der Waals surface area contributed by atoms with E-state index in [0.29, 0.717) is 24.6 Å². The summed E-state index contributed by atoms with van der Waals surface area (Å²) in [7, 11) is 0. The molecule has 0 aromatic carbocycles. The van der Waals surface area contributed by atoms with E-state index in [1.807, 2.05) is 17.5 Å². The number of H-pyrrole nitrogens is 2. The first-order valence-corrected chi connectivity index (χ1v) is 8.88. The van der Waals surface area contributed by atoms with Gasteiger partial charge in [-0.25, -0.2) is 9.97 Å². The fraction of sp³-hybridized carbons (Fsp3) is 0.312. The van der Waals surface area contributed by atoms with E-state index in [2.05, 4.69) is 25.1 Å². The molecule has 1 aliphatic heterocycles. The second kappa shape index (κ2) is 6.60. The zero-order chi connectivity index (χ0) is 17.2. The molecule has 0 bridgehead atoms. The number of hydrogen-bond donors (Lipinski definition) is 2. The van der Waals surface area contributed by atoms with Gasteiger partial charge in [0.05, 0.1) is 10.6 Å². The van der Waals surface area contributed by atoms with E-state index >= 15 is 0 Å². The van der Waals surface area contributed by atoms with Gasteiger partial charge < -0.3 is 9.88 Å². The maximum atomic E-state index is 12.5. The molecule has 128 valence electrons. The lowest BCUT2D eigenvalue weighted by Crippen LogP contribution is -2.40. The van der Waals surface area contributed by atoms with Crippen LogP contribution in [0, 0.1) is 0 Å². The summed E-state index contributed by atoms with van der Waals surface area (Å²) >= 11 is 1.54. The molecule has 3 aromatic heterocycles. The lowest BCUT2D eigenvalue weighted by Gasteiger charge is -2.31. The van der Waals surface area contributed by atoms with Gasteiger partial charge in [0.25, 0.3) is 11.5 Å². The number of carbonyl (C=O) groups excluding carboxylic acids is 1. The molecule has 4 heterocycles. The van der Waals surface area contributed by atoms with E-state index in [1.165, 1.54) is 12.4 Å². The molecule has 1 atom stereocenters. The molecular formula is C16H16N6O2S. The summed E-state index contributed by atoms with van der Waals surface area (Å²) in [6.45, 7) is 1.15. The molecule has 3 aromatic rings. The van der Waals surface area contributed by atoms with Crippen molar-refractivity contribution >= 4 is 17.2 Å². The van der Waals surface area contributed by atoms with Gasteiger partial charge in [0.1, 0.15) is 12.2 Å². The summed E-state index contributed by atoms with van der Waals surface area (Å²) < 4.78 is 0. The monoisotopic (exact) mass is 356 g/mol. The van der Waals surface area contributed by atoms with Gasteiger partial charge in [-0.05, 0) is 24.3 Å². The van der Waals surface area contributed by atoms with Crippen LogP contribution in [-0.2, 0) is 0 Å². The number of nitrogens with zero attached hydrogens (tertiary/aromatic N) is 4. The zero-order valence-corrected chi connectivity index (χ0v) is 14.1. The average Bonchev–Trinajstić information content (AvgIpc) is 3.34. The Morgan fingerprint density at radius 3 is 3.08 bits per heavy atom. The van der Waals surface area contributed by atoms with Gasteiger partial charge in [0, 0.05) is 25.1 Å². The SMILES string of the molecule is O=C(c1ncn[nH]1)N1CCC[C@@H](c2nc(-c3cccs3)cc(=O)[nH]2)C1. The quantitative estimate of drug-likeness (QED) is 0.742. The fourth-order valence-corrected chi connectivity index (χ4v) is 3.75. The summed E-state index contributed by atoms with van der Waals surface area (Å²) in [5.41, 5.74) is 0.500. The number of amides is 1. The van der Waals surface area contributed by atoms with Crippen LogP contribution < -0.4 is 5.56 Å². The Morgan fingerprint density at radius 2 is 2.32 bits per heavy atom. The van der Waals surface area contributed by atoms with Gasteiger partial charge in [0.2, 0.25) is 5.82 Å². The number of aromatic amines is 2. The number of aromatic nitrogens is 5. The molecule has 1 fully saturated rings. The summed E-state index contributed by atoms with van der Waals surface area (Å²) in [6.07, 6.45) is 3.03. The number of rotatable bonds is 3. The van der Waals surface area contributed by atoms with Crippen LogP contribution in [0.5, 0.6) is 0 Å². The van der Waals surface area contributed by atoms with Crippen LogP contribution in [0.1, 0.15) is 35.2 Å². The predicted molar refractivity (Wildman–Crippen MR) is 92.4 cm³/mol. The molecule has 0 unspecified atom stereocenters. The second-order valence-electron chi connectivity index (χ2n) is 5.92. The Morgan fingerprint density at radius 1 is 1.40 bits per heavy atom. The number of nitrogens with one attached hydrogen (secondary N) is 2. The molecule has 8 nitrogen and oxygen atoms in total. The van der Waals surface area contributed by atoms with E-state index in [1.54, 1.807) is 16.2 Å². The smallest absolute Gasteiger partial charge is 0.291 e. The van der Waals surface area contributed by atoms with Crippen molar-refractivity contribution in [1.29, 1.82) is 0 Å². The highest BCUT2D eigenvalue weighted by atomic mass is 32.1. The number of thiophene rings is 1. The Bertz CT molecular complexity index is 919. The van der Waals surface area contributed by atoms with E-state index in [0.717, 1.165) is 17.7 Å². The first kappa shape index (κ1) is 15.7. The first-order valence-electron chi connectivity index (χ1n) is 8.00. The van der Waals surface area contributed by atoms with Crippen LogP contribution in [0.4, 0.5) is 0 Å². The lowest BCUT2D eigenvalue weighted by molar-refractivity contribution is 0.0692. The molecule has 4 rings (SSSR count). The maximum absolute atomic E-state index is 12.5. The molecule has 25 heavy (non-hydrogen) atoms. The lowest BCUT2D eigenvalue weighted by atomic mass is 9.97. The number of piperidine rings is 1. The van der Waals surface area contributed by atoms with Crippen molar-refractivity contribution in [2.75, 3.05) is 13.1 Å². The van der Waals surface area contributed by atoms with Crippen LogP contribution in [0.2, 0.25) is 0 Å². The highest BCUT2D eigenvalue weighted by Gasteiger charge is 2.28. The molecule has 0 radical (unpaired) electrons. The first-order chi connectivity index (χ1) is 12.2.